The molecule has 0 radical (unpaired) electrons. The van der Waals surface area contributed by atoms with Gasteiger partial charge in [-0.1, -0.05) is 18.2 Å². The fraction of sp³-hybridized carbons (Fsp3) is 0.464. The van der Waals surface area contributed by atoms with Gasteiger partial charge in [-0.2, -0.15) is 0 Å². The molecule has 2 saturated carbocycles. The van der Waals surface area contributed by atoms with Gasteiger partial charge in [0.1, 0.15) is 25.0 Å². The summed E-state index contributed by atoms with van der Waals surface area (Å²) >= 11 is 0. The van der Waals surface area contributed by atoms with E-state index >= 15 is 0 Å². The minimum Gasteiger partial charge on any atom is -0.320 e. The highest BCUT2D eigenvalue weighted by molar-refractivity contribution is 6.10. The van der Waals surface area contributed by atoms with Gasteiger partial charge in [-0.05, 0) is 79.5 Å². The second kappa shape index (κ2) is 8.47. The van der Waals surface area contributed by atoms with Gasteiger partial charge in [-0.3, -0.25) is 4.79 Å². The highest BCUT2D eigenvalue weighted by atomic mass is 19.1. The van der Waals surface area contributed by atoms with Gasteiger partial charge in [0.25, 0.3) is 5.91 Å². The topological polar surface area (TPSA) is 63.1 Å². The summed E-state index contributed by atoms with van der Waals surface area (Å²) in [5.41, 5.74) is 4.03. The van der Waals surface area contributed by atoms with Crippen LogP contribution < -0.4 is 10.2 Å². The first-order valence-electron chi connectivity index (χ1n) is 12.7. The zero-order valence-electron chi connectivity index (χ0n) is 20.7. The van der Waals surface area contributed by atoms with Crippen molar-refractivity contribution in [2.75, 3.05) is 4.90 Å². The summed E-state index contributed by atoms with van der Waals surface area (Å²) in [5, 5.41) is 11.9. The van der Waals surface area contributed by atoms with Crippen molar-refractivity contribution >= 4 is 11.6 Å². The van der Waals surface area contributed by atoms with Crippen molar-refractivity contribution in [3.8, 4) is 0 Å². The number of amides is 1. The third-order valence-corrected chi connectivity index (χ3v) is 8.50. The normalized spacial score (nSPS) is 24.4. The molecular formula is C28H31F2N5O. The van der Waals surface area contributed by atoms with Crippen molar-refractivity contribution < 1.29 is 13.6 Å². The summed E-state index contributed by atoms with van der Waals surface area (Å²) < 4.78 is 30.1. The molecule has 0 saturated heterocycles. The minimum absolute atomic E-state index is 0.127. The van der Waals surface area contributed by atoms with Crippen LogP contribution in [0.25, 0.3) is 0 Å². The Labute approximate surface area is 209 Å². The Bertz CT molecular complexity index is 1330. The number of rotatable bonds is 7. The van der Waals surface area contributed by atoms with Crippen molar-refractivity contribution in [1.82, 2.24) is 20.1 Å². The largest absolute Gasteiger partial charge is 0.320 e. The van der Waals surface area contributed by atoms with Crippen molar-refractivity contribution in [3.05, 3.63) is 76.4 Å². The summed E-state index contributed by atoms with van der Waals surface area (Å²) in [4.78, 5) is 15.3. The van der Waals surface area contributed by atoms with E-state index in [1.807, 2.05) is 48.0 Å². The number of carbonyl (C=O) groups is 1. The first-order chi connectivity index (χ1) is 17.3. The summed E-state index contributed by atoms with van der Waals surface area (Å²) in [6.45, 7) is 2.54. The molecule has 1 N–H and O–H groups in total. The van der Waals surface area contributed by atoms with Gasteiger partial charge in [-0.25, -0.2) is 8.78 Å². The molecule has 188 valence electrons. The van der Waals surface area contributed by atoms with E-state index in [2.05, 4.69) is 22.4 Å². The van der Waals surface area contributed by atoms with Crippen LogP contribution in [-0.2, 0) is 32.2 Å². The number of carbonyl (C=O) groups excluding carboxylic acids is 1. The maximum Gasteiger partial charge on any atom is 0.258 e. The third kappa shape index (κ3) is 3.65. The van der Waals surface area contributed by atoms with Crippen LogP contribution in [0.3, 0.4) is 0 Å². The number of aryl methyl sites for hydroxylation is 1. The molecule has 6 nitrogen and oxygen atoms in total. The van der Waals surface area contributed by atoms with Crippen LogP contribution in [0.4, 0.5) is 14.5 Å². The van der Waals surface area contributed by atoms with Crippen LogP contribution in [0.1, 0.15) is 77.5 Å². The van der Waals surface area contributed by atoms with Crippen molar-refractivity contribution in [2.45, 2.75) is 75.9 Å². The minimum atomic E-state index is -0.899. The number of hydrogen-bond acceptors (Lipinski definition) is 4. The predicted octanol–water partition coefficient (Wildman–Crippen LogP) is 4.90. The van der Waals surface area contributed by atoms with Gasteiger partial charge >= 0.3 is 0 Å². The molecule has 2 aromatic carbocycles. The predicted molar refractivity (Wildman–Crippen MR) is 133 cm³/mol. The SMILES string of the molecule is Cn1cnnc1C1(c2cccc(N3Cc4c(CF)cc(CNC5(C)CCC5)cc4C3=O)c2)CC(F)C1. The Balaban J connectivity index is 1.30. The van der Waals surface area contributed by atoms with Crippen LogP contribution in [0, 0.1) is 0 Å². The quantitative estimate of drug-likeness (QED) is 0.511. The van der Waals surface area contributed by atoms with Gasteiger partial charge in [0.15, 0.2) is 0 Å². The van der Waals surface area contributed by atoms with Gasteiger partial charge in [0.05, 0.1) is 12.0 Å². The van der Waals surface area contributed by atoms with Gasteiger partial charge in [-0.15, -0.1) is 10.2 Å². The lowest BCUT2D eigenvalue weighted by molar-refractivity contribution is 0.0995. The molecule has 3 aromatic rings. The molecule has 3 aliphatic rings. The van der Waals surface area contributed by atoms with Crippen LogP contribution in [0.15, 0.2) is 42.7 Å². The Morgan fingerprint density at radius 1 is 1.19 bits per heavy atom. The summed E-state index contributed by atoms with van der Waals surface area (Å²) in [6.07, 6.45) is 4.89. The van der Waals surface area contributed by atoms with E-state index in [4.69, 9.17) is 0 Å². The molecule has 2 aliphatic carbocycles. The molecule has 2 fully saturated rings. The number of alkyl halides is 2. The van der Waals surface area contributed by atoms with E-state index < -0.39 is 18.3 Å². The lowest BCUT2D eigenvalue weighted by Gasteiger charge is -2.43. The maximum absolute atomic E-state index is 14.2. The number of nitrogens with zero attached hydrogens (tertiary/aromatic N) is 4. The first kappa shape index (κ1) is 23.3. The zero-order valence-corrected chi connectivity index (χ0v) is 20.7. The van der Waals surface area contributed by atoms with E-state index in [1.165, 1.54) is 6.42 Å². The van der Waals surface area contributed by atoms with Gasteiger partial charge < -0.3 is 14.8 Å². The molecule has 0 bridgehead atoms. The molecule has 0 atom stereocenters. The number of fused-ring (bicyclic) bond motifs is 1. The first-order valence-corrected chi connectivity index (χ1v) is 12.7. The standard InChI is InChI=1S/C28H31F2N5O/c1-27(7-4-8-27)31-15-18-9-19(14-29)24-16-35(25(36)23(24)10-18)22-6-3-5-20(11-22)28(12-21(30)13-28)26-33-32-17-34(26)2/h3,5-6,9-11,17,21,31H,4,7-8,12-16H2,1-2H3. The van der Waals surface area contributed by atoms with Crippen LogP contribution in [-0.4, -0.2) is 32.4 Å². The molecule has 2 heterocycles. The van der Waals surface area contributed by atoms with Crippen LogP contribution in [0.5, 0.6) is 0 Å². The highest BCUT2D eigenvalue weighted by Crippen LogP contribution is 2.50. The van der Waals surface area contributed by atoms with Crippen molar-refractivity contribution in [3.63, 3.8) is 0 Å². The van der Waals surface area contributed by atoms with E-state index in [0.717, 1.165) is 41.0 Å². The zero-order chi connectivity index (χ0) is 25.1. The van der Waals surface area contributed by atoms with Crippen molar-refractivity contribution in [2.24, 2.45) is 7.05 Å². The second-order valence-electron chi connectivity index (χ2n) is 11.0. The fourth-order valence-corrected chi connectivity index (χ4v) is 6.11. The number of benzene rings is 2. The average Bonchev–Trinajstić information content (AvgIpc) is 3.42. The number of aromatic nitrogens is 3. The summed E-state index contributed by atoms with van der Waals surface area (Å²) in [6, 6.07) is 11.5. The van der Waals surface area contributed by atoms with E-state index in [1.54, 1.807) is 11.2 Å². The van der Waals surface area contributed by atoms with Gasteiger partial charge in [0.2, 0.25) is 0 Å². The molecule has 1 aromatic heterocycles. The van der Waals surface area contributed by atoms with E-state index in [-0.39, 0.29) is 11.4 Å². The summed E-state index contributed by atoms with van der Waals surface area (Å²) in [7, 11) is 1.86. The average molecular weight is 492 g/mol. The number of anilines is 1. The monoisotopic (exact) mass is 491 g/mol. The lowest BCUT2D eigenvalue weighted by Crippen LogP contribution is -2.47. The molecular weight excluding hydrogens is 460 g/mol. The molecule has 0 unspecified atom stereocenters. The third-order valence-electron chi connectivity index (χ3n) is 8.50. The van der Waals surface area contributed by atoms with Crippen LogP contribution in [0.2, 0.25) is 0 Å². The second-order valence-corrected chi connectivity index (χ2v) is 11.0. The highest BCUT2D eigenvalue weighted by Gasteiger charge is 2.50. The number of halogens is 2. The Kier molecular flexibility index (Phi) is 5.48. The lowest BCUT2D eigenvalue weighted by atomic mass is 9.62. The smallest absolute Gasteiger partial charge is 0.258 e. The van der Waals surface area contributed by atoms with E-state index in [0.29, 0.717) is 37.1 Å². The molecule has 1 amide bonds. The Hall–Kier alpha value is -3.13. The van der Waals surface area contributed by atoms with Crippen LogP contribution >= 0.6 is 0 Å². The van der Waals surface area contributed by atoms with Crippen molar-refractivity contribution in [1.29, 1.82) is 0 Å². The molecule has 8 heteroatoms. The molecule has 1 aliphatic heterocycles. The Morgan fingerprint density at radius 2 is 2.00 bits per heavy atom. The molecule has 36 heavy (non-hydrogen) atoms. The number of hydrogen-bond donors (Lipinski definition) is 1. The molecule has 6 rings (SSSR count). The van der Waals surface area contributed by atoms with Gasteiger partial charge in [0, 0.05) is 30.4 Å². The Morgan fingerprint density at radius 3 is 2.64 bits per heavy atom. The maximum atomic E-state index is 14.2. The van der Waals surface area contributed by atoms with E-state index in [9.17, 15) is 13.6 Å². The molecule has 0 spiro atoms. The number of nitrogens with one attached hydrogen (secondary N) is 1. The summed E-state index contributed by atoms with van der Waals surface area (Å²) in [5.74, 6) is 0.597. The fourth-order valence-electron chi connectivity index (χ4n) is 6.11.